The topological polar surface area (TPSA) is 67.4 Å². The van der Waals surface area contributed by atoms with Gasteiger partial charge in [0.2, 0.25) is 0 Å². The van der Waals surface area contributed by atoms with Gasteiger partial charge in [0.25, 0.3) is 5.91 Å². The molecule has 1 aliphatic rings. The molecular formula is C19H27FN2O3. The zero-order chi connectivity index (χ0) is 18.7. The van der Waals surface area contributed by atoms with Crippen molar-refractivity contribution in [3.63, 3.8) is 0 Å². The Balaban J connectivity index is 2.27. The third-order valence-corrected chi connectivity index (χ3v) is 4.69. The van der Waals surface area contributed by atoms with Crippen molar-refractivity contribution in [3.05, 3.63) is 29.3 Å². The monoisotopic (exact) mass is 350 g/mol. The van der Waals surface area contributed by atoms with Gasteiger partial charge in [0.15, 0.2) is 11.9 Å². The Morgan fingerprint density at radius 2 is 2.04 bits per heavy atom. The molecule has 2 N–H and O–H groups in total. The number of benzene rings is 1. The number of rotatable bonds is 8. The Labute approximate surface area is 148 Å². The van der Waals surface area contributed by atoms with E-state index < -0.39 is 17.8 Å². The van der Waals surface area contributed by atoms with E-state index in [2.05, 4.69) is 10.6 Å². The van der Waals surface area contributed by atoms with Crippen molar-refractivity contribution in [2.45, 2.75) is 45.2 Å². The van der Waals surface area contributed by atoms with Gasteiger partial charge in [-0.25, -0.2) is 4.39 Å². The van der Waals surface area contributed by atoms with Crippen LogP contribution in [0.1, 0.15) is 55.5 Å². The predicted molar refractivity (Wildman–Crippen MR) is 94.7 cm³/mol. The Morgan fingerprint density at radius 1 is 1.36 bits per heavy atom. The maximum Gasteiger partial charge on any atom is 0.253 e. The van der Waals surface area contributed by atoms with Gasteiger partial charge >= 0.3 is 0 Å². The van der Waals surface area contributed by atoms with Gasteiger partial charge < -0.3 is 10.1 Å². The molecule has 2 rings (SSSR count). The molecule has 1 saturated carbocycles. The zero-order valence-corrected chi connectivity index (χ0v) is 15.3. The molecule has 0 saturated heterocycles. The fourth-order valence-electron chi connectivity index (χ4n) is 2.82. The second-order valence-corrected chi connectivity index (χ2v) is 7.44. The first-order valence-electron chi connectivity index (χ1n) is 8.58. The van der Waals surface area contributed by atoms with E-state index in [4.69, 9.17) is 4.74 Å². The fraction of sp³-hybridized carbons (Fsp3) is 0.579. The van der Waals surface area contributed by atoms with Crippen LogP contribution in [0.5, 0.6) is 5.75 Å². The summed E-state index contributed by atoms with van der Waals surface area (Å²) in [7, 11) is 1.63. The van der Waals surface area contributed by atoms with Crippen LogP contribution in [0.4, 0.5) is 4.39 Å². The number of carbonyl (C=O) groups is 2. The summed E-state index contributed by atoms with van der Waals surface area (Å²) in [6.07, 6.45) is 2.87. The smallest absolute Gasteiger partial charge is 0.253 e. The normalized spacial score (nSPS) is 16.8. The van der Waals surface area contributed by atoms with Crippen LogP contribution in [0.2, 0.25) is 0 Å². The SMILES string of the molecule is CN[C@](C=O)(NC(=O)c1ccc(C2CC2)c(OCCF)c1)C(C)(C)C. The summed E-state index contributed by atoms with van der Waals surface area (Å²) in [6.45, 7) is 4.97. The van der Waals surface area contributed by atoms with E-state index in [1.54, 1.807) is 19.2 Å². The molecular weight excluding hydrogens is 323 g/mol. The van der Waals surface area contributed by atoms with Crippen molar-refractivity contribution in [1.29, 1.82) is 0 Å². The van der Waals surface area contributed by atoms with Crippen LogP contribution in [-0.2, 0) is 4.79 Å². The lowest BCUT2D eigenvalue weighted by Gasteiger charge is -2.40. The second kappa shape index (κ2) is 7.52. The summed E-state index contributed by atoms with van der Waals surface area (Å²) in [5.41, 5.74) is -0.333. The van der Waals surface area contributed by atoms with Crippen LogP contribution >= 0.6 is 0 Å². The molecule has 1 fully saturated rings. The highest BCUT2D eigenvalue weighted by Crippen LogP contribution is 2.44. The quantitative estimate of drug-likeness (QED) is 0.559. The Hall–Kier alpha value is -1.95. The number of halogens is 1. The highest BCUT2D eigenvalue weighted by atomic mass is 19.1. The lowest BCUT2D eigenvalue weighted by atomic mass is 9.81. The van der Waals surface area contributed by atoms with Crippen molar-refractivity contribution in [3.8, 4) is 5.75 Å². The van der Waals surface area contributed by atoms with Crippen LogP contribution in [-0.4, -0.2) is 38.2 Å². The van der Waals surface area contributed by atoms with E-state index in [-0.39, 0.29) is 12.5 Å². The largest absolute Gasteiger partial charge is 0.491 e. The third kappa shape index (κ3) is 4.18. The lowest BCUT2D eigenvalue weighted by molar-refractivity contribution is -0.118. The molecule has 5 nitrogen and oxygen atoms in total. The van der Waals surface area contributed by atoms with E-state index in [9.17, 15) is 14.0 Å². The summed E-state index contributed by atoms with van der Waals surface area (Å²) in [5.74, 6) is 0.584. The van der Waals surface area contributed by atoms with Gasteiger partial charge in [-0.05, 0) is 43.5 Å². The number of hydrogen-bond acceptors (Lipinski definition) is 4. The van der Waals surface area contributed by atoms with Gasteiger partial charge in [-0.2, -0.15) is 0 Å². The van der Waals surface area contributed by atoms with Crippen molar-refractivity contribution in [2.24, 2.45) is 5.41 Å². The van der Waals surface area contributed by atoms with Crippen LogP contribution in [0, 0.1) is 5.41 Å². The van der Waals surface area contributed by atoms with Gasteiger partial charge in [-0.1, -0.05) is 26.8 Å². The number of hydrogen-bond donors (Lipinski definition) is 2. The average molecular weight is 350 g/mol. The first-order valence-corrected chi connectivity index (χ1v) is 8.58. The molecule has 0 unspecified atom stereocenters. The van der Waals surface area contributed by atoms with E-state index in [1.807, 2.05) is 26.8 Å². The standard InChI is InChI=1S/C19H27FN2O3/c1-18(2,3)19(12-23,21-4)22-17(24)14-7-8-15(13-5-6-13)16(11-14)25-10-9-20/h7-8,11-13,21H,5-6,9-10H2,1-4H3,(H,22,24)/t19-/m1/s1. The first kappa shape index (κ1) is 19.4. The Morgan fingerprint density at radius 3 is 2.52 bits per heavy atom. The highest BCUT2D eigenvalue weighted by molar-refractivity contribution is 5.97. The minimum atomic E-state index is -1.20. The summed E-state index contributed by atoms with van der Waals surface area (Å²) in [5, 5.41) is 5.70. The summed E-state index contributed by atoms with van der Waals surface area (Å²) >= 11 is 0. The molecule has 6 heteroatoms. The molecule has 0 aliphatic heterocycles. The summed E-state index contributed by atoms with van der Waals surface area (Å²) < 4.78 is 18.0. The van der Waals surface area contributed by atoms with Gasteiger partial charge in [0, 0.05) is 11.0 Å². The maximum absolute atomic E-state index is 12.7. The highest BCUT2D eigenvalue weighted by Gasteiger charge is 2.42. The number of alkyl halides is 1. The van der Waals surface area contributed by atoms with Crippen molar-refractivity contribution < 1.29 is 18.7 Å². The van der Waals surface area contributed by atoms with E-state index in [0.717, 1.165) is 18.4 Å². The van der Waals surface area contributed by atoms with Crippen LogP contribution in [0.15, 0.2) is 18.2 Å². The molecule has 1 aliphatic carbocycles. The molecule has 1 atom stereocenters. The number of amides is 1. The minimum absolute atomic E-state index is 0.0401. The fourth-order valence-corrected chi connectivity index (χ4v) is 2.82. The van der Waals surface area contributed by atoms with E-state index >= 15 is 0 Å². The van der Waals surface area contributed by atoms with Crippen LogP contribution in [0.3, 0.4) is 0 Å². The maximum atomic E-state index is 12.7. The lowest BCUT2D eigenvalue weighted by Crippen LogP contribution is -2.66. The molecule has 0 aromatic heterocycles. The van der Waals surface area contributed by atoms with E-state index in [1.165, 1.54) is 0 Å². The van der Waals surface area contributed by atoms with Crippen molar-refractivity contribution >= 4 is 12.2 Å². The molecule has 1 aromatic rings. The van der Waals surface area contributed by atoms with Gasteiger partial charge in [-0.15, -0.1) is 0 Å². The summed E-state index contributed by atoms with van der Waals surface area (Å²) in [6, 6.07) is 5.21. The van der Waals surface area contributed by atoms with Gasteiger partial charge in [-0.3, -0.25) is 14.9 Å². The zero-order valence-electron chi connectivity index (χ0n) is 15.3. The number of likely N-dealkylation sites (N-methyl/N-ethyl adjacent to an activating group) is 1. The number of aldehydes is 1. The molecule has 138 valence electrons. The predicted octanol–water partition coefficient (Wildman–Crippen LogP) is 2.80. The van der Waals surface area contributed by atoms with Crippen LogP contribution < -0.4 is 15.4 Å². The average Bonchev–Trinajstić information content (AvgIpc) is 3.41. The minimum Gasteiger partial charge on any atom is -0.491 e. The van der Waals surface area contributed by atoms with Crippen LogP contribution in [0.25, 0.3) is 0 Å². The number of nitrogens with one attached hydrogen (secondary N) is 2. The number of carbonyl (C=O) groups excluding carboxylic acids is 2. The molecule has 0 spiro atoms. The molecule has 1 amide bonds. The Bertz CT molecular complexity index is 638. The van der Waals surface area contributed by atoms with Gasteiger partial charge in [0.1, 0.15) is 19.0 Å². The van der Waals surface area contributed by atoms with E-state index in [0.29, 0.717) is 23.5 Å². The molecule has 0 bridgehead atoms. The second-order valence-electron chi connectivity index (χ2n) is 7.44. The first-order chi connectivity index (χ1) is 11.8. The third-order valence-electron chi connectivity index (χ3n) is 4.69. The summed E-state index contributed by atoms with van der Waals surface area (Å²) in [4.78, 5) is 24.4. The van der Waals surface area contributed by atoms with Crippen molar-refractivity contribution in [2.75, 3.05) is 20.3 Å². The van der Waals surface area contributed by atoms with Gasteiger partial charge in [0.05, 0.1) is 0 Å². The number of ether oxygens (including phenoxy) is 1. The molecule has 0 heterocycles. The Kier molecular flexibility index (Phi) is 5.83. The van der Waals surface area contributed by atoms with Crippen molar-refractivity contribution in [1.82, 2.24) is 10.6 Å². The molecule has 0 radical (unpaired) electrons. The molecule has 1 aromatic carbocycles. The molecule has 25 heavy (non-hydrogen) atoms.